The Kier molecular flexibility index (Phi) is 3.97. The molecule has 0 aromatic heterocycles. The number of hydrogen-bond acceptors (Lipinski definition) is 2. The van der Waals surface area contributed by atoms with Gasteiger partial charge in [-0.1, -0.05) is 11.8 Å². The molecule has 2 nitrogen and oxygen atoms in total. The number of hydrogen-bond donors (Lipinski definition) is 2. The minimum Gasteiger partial charge on any atom is -0.396 e. The molecule has 0 bridgehead atoms. The second-order valence-electron chi connectivity index (χ2n) is 3.26. The van der Waals surface area contributed by atoms with Gasteiger partial charge < -0.3 is 11.5 Å². The van der Waals surface area contributed by atoms with E-state index in [4.69, 9.17) is 11.5 Å². The number of benzene rings is 1. The summed E-state index contributed by atoms with van der Waals surface area (Å²) in [7, 11) is 0. The smallest absolute Gasteiger partial charge is 0.396 e. The number of rotatable bonds is 1. The first-order chi connectivity index (χ1) is 7.86. The van der Waals surface area contributed by atoms with E-state index in [0.717, 1.165) is 0 Å². The summed E-state index contributed by atoms with van der Waals surface area (Å²) in [6, 6.07) is 1.23. The largest absolute Gasteiger partial charge is 0.417 e. The van der Waals surface area contributed by atoms with E-state index in [1.807, 2.05) is 0 Å². The van der Waals surface area contributed by atoms with Crippen molar-refractivity contribution in [2.75, 3.05) is 12.3 Å². The van der Waals surface area contributed by atoms with Gasteiger partial charge in [-0.25, -0.2) is 4.39 Å². The van der Waals surface area contributed by atoms with Gasteiger partial charge in [0.15, 0.2) is 0 Å². The topological polar surface area (TPSA) is 52.0 Å². The summed E-state index contributed by atoms with van der Waals surface area (Å²) in [6.07, 6.45) is -4.38. The van der Waals surface area contributed by atoms with Gasteiger partial charge in [-0.3, -0.25) is 0 Å². The summed E-state index contributed by atoms with van der Waals surface area (Å²) in [5, 5.41) is 0. The molecule has 1 rings (SSSR count). The molecule has 0 aliphatic heterocycles. The summed E-state index contributed by atoms with van der Waals surface area (Å²) in [4.78, 5) is 0. The second-order valence-corrected chi connectivity index (χ2v) is 3.26. The van der Waals surface area contributed by atoms with E-state index in [1.165, 1.54) is 0 Å². The van der Waals surface area contributed by atoms with E-state index in [2.05, 4.69) is 11.8 Å². The number of nitrogens with two attached hydrogens (primary N) is 2. The van der Waals surface area contributed by atoms with Crippen LogP contribution in [0.1, 0.15) is 17.5 Å². The highest BCUT2D eigenvalue weighted by Crippen LogP contribution is 2.33. The van der Waals surface area contributed by atoms with Crippen LogP contribution in [0.3, 0.4) is 0 Å². The van der Waals surface area contributed by atoms with Gasteiger partial charge in [0.2, 0.25) is 0 Å². The Balaban J connectivity index is 3.28. The molecule has 0 aliphatic carbocycles. The van der Waals surface area contributed by atoms with Crippen LogP contribution in [0.4, 0.5) is 23.2 Å². The van der Waals surface area contributed by atoms with E-state index in [1.54, 1.807) is 0 Å². The molecular weight excluding hydrogens is 236 g/mol. The molecule has 4 N–H and O–H groups in total. The zero-order valence-electron chi connectivity index (χ0n) is 8.74. The van der Waals surface area contributed by atoms with E-state index >= 15 is 0 Å². The first-order valence-electron chi connectivity index (χ1n) is 4.71. The number of halogens is 4. The number of alkyl halides is 3. The zero-order chi connectivity index (χ0) is 13.1. The molecule has 1 aromatic rings. The standard InChI is InChI=1S/C11H10F4N2/c12-9-5-7(3-1-2-4-16)8(6-10(9)17)11(13,14)15/h5-6H,2,4,16-17H2. The summed E-state index contributed by atoms with van der Waals surface area (Å²) in [5.74, 6) is 3.75. The summed E-state index contributed by atoms with van der Waals surface area (Å²) < 4.78 is 50.9. The Bertz CT molecular complexity index is 469. The van der Waals surface area contributed by atoms with Crippen molar-refractivity contribution < 1.29 is 17.6 Å². The van der Waals surface area contributed by atoms with Gasteiger partial charge in [-0.2, -0.15) is 13.2 Å². The molecule has 0 aliphatic rings. The Morgan fingerprint density at radius 2 is 1.88 bits per heavy atom. The number of anilines is 1. The van der Waals surface area contributed by atoms with Gasteiger partial charge in [-0.15, -0.1) is 0 Å². The lowest BCUT2D eigenvalue weighted by atomic mass is 10.1. The van der Waals surface area contributed by atoms with Crippen molar-refractivity contribution in [3.63, 3.8) is 0 Å². The van der Waals surface area contributed by atoms with Gasteiger partial charge in [-0.05, 0) is 12.1 Å². The molecule has 1 aromatic carbocycles. The highest BCUT2D eigenvalue weighted by molar-refractivity contribution is 5.53. The van der Waals surface area contributed by atoms with Gasteiger partial charge in [0.1, 0.15) is 5.82 Å². The molecule has 0 radical (unpaired) electrons. The highest BCUT2D eigenvalue weighted by Gasteiger charge is 2.34. The third-order valence-corrected chi connectivity index (χ3v) is 1.93. The quantitative estimate of drug-likeness (QED) is 0.453. The lowest BCUT2D eigenvalue weighted by Crippen LogP contribution is -2.09. The van der Waals surface area contributed by atoms with Gasteiger partial charge in [0.25, 0.3) is 0 Å². The molecule has 17 heavy (non-hydrogen) atoms. The van der Waals surface area contributed by atoms with Gasteiger partial charge in [0.05, 0.1) is 11.3 Å². The van der Waals surface area contributed by atoms with Crippen LogP contribution in [0, 0.1) is 17.7 Å². The van der Waals surface area contributed by atoms with Crippen LogP contribution >= 0.6 is 0 Å². The summed E-state index contributed by atoms with van der Waals surface area (Å²) in [6.45, 7) is 0.228. The minimum absolute atomic E-state index is 0.228. The average molecular weight is 246 g/mol. The van der Waals surface area contributed by atoms with Crippen molar-refractivity contribution in [2.45, 2.75) is 12.6 Å². The van der Waals surface area contributed by atoms with Crippen molar-refractivity contribution in [2.24, 2.45) is 5.73 Å². The van der Waals surface area contributed by atoms with E-state index < -0.39 is 28.8 Å². The Labute approximate surface area is 95.6 Å². The van der Waals surface area contributed by atoms with Crippen molar-refractivity contribution in [3.05, 3.63) is 29.1 Å². The minimum atomic E-state index is -4.62. The summed E-state index contributed by atoms with van der Waals surface area (Å²) in [5.41, 5.74) is 8.22. The van der Waals surface area contributed by atoms with Crippen LogP contribution in [-0.4, -0.2) is 6.54 Å². The SMILES string of the molecule is NCCC#Cc1cc(F)c(N)cc1C(F)(F)F. The molecule has 92 valence electrons. The Morgan fingerprint density at radius 1 is 1.24 bits per heavy atom. The second kappa shape index (κ2) is 5.06. The lowest BCUT2D eigenvalue weighted by Gasteiger charge is -2.10. The lowest BCUT2D eigenvalue weighted by molar-refractivity contribution is -0.137. The maximum atomic E-state index is 13.1. The van der Waals surface area contributed by atoms with E-state index in [0.29, 0.717) is 12.1 Å². The van der Waals surface area contributed by atoms with Crippen molar-refractivity contribution in [1.82, 2.24) is 0 Å². The molecule has 0 saturated carbocycles. The molecular formula is C11H10F4N2. The molecule has 0 spiro atoms. The fourth-order valence-electron chi connectivity index (χ4n) is 1.16. The normalized spacial score (nSPS) is 10.9. The molecule has 0 atom stereocenters. The van der Waals surface area contributed by atoms with Crippen LogP contribution in [0.25, 0.3) is 0 Å². The van der Waals surface area contributed by atoms with Crippen LogP contribution < -0.4 is 11.5 Å². The Morgan fingerprint density at radius 3 is 2.41 bits per heavy atom. The third-order valence-electron chi connectivity index (χ3n) is 1.93. The van der Waals surface area contributed by atoms with Crippen molar-refractivity contribution >= 4 is 5.69 Å². The fourth-order valence-corrected chi connectivity index (χ4v) is 1.16. The third kappa shape index (κ3) is 3.36. The predicted molar refractivity (Wildman–Crippen MR) is 56.4 cm³/mol. The fraction of sp³-hybridized carbons (Fsp3) is 0.273. The van der Waals surface area contributed by atoms with Crippen LogP contribution in [-0.2, 0) is 6.18 Å². The van der Waals surface area contributed by atoms with Crippen LogP contribution in [0.15, 0.2) is 12.1 Å². The van der Waals surface area contributed by atoms with Gasteiger partial charge >= 0.3 is 6.18 Å². The zero-order valence-corrected chi connectivity index (χ0v) is 8.74. The van der Waals surface area contributed by atoms with Gasteiger partial charge in [0, 0.05) is 18.5 Å². The van der Waals surface area contributed by atoms with Crippen LogP contribution in [0.5, 0.6) is 0 Å². The average Bonchev–Trinajstić information content (AvgIpc) is 2.21. The van der Waals surface area contributed by atoms with Crippen molar-refractivity contribution in [3.8, 4) is 11.8 Å². The van der Waals surface area contributed by atoms with Crippen molar-refractivity contribution in [1.29, 1.82) is 0 Å². The first-order valence-corrected chi connectivity index (χ1v) is 4.71. The van der Waals surface area contributed by atoms with Crippen LogP contribution in [0.2, 0.25) is 0 Å². The van der Waals surface area contributed by atoms with E-state index in [9.17, 15) is 17.6 Å². The molecule has 0 unspecified atom stereocenters. The number of nitrogen functional groups attached to an aromatic ring is 1. The molecule has 6 heteroatoms. The highest BCUT2D eigenvalue weighted by atomic mass is 19.4. The Hall–Kier alpha value is -1.74. The van der Waals surface area contributed by atoms with E-state index in [-0.39, 0.29) is 13.0 Å². The first kappa shape index (κ1) is 13.3. The summed E-state index contributed by atoms with van der Waals surface area (Å²) >= 11 is 0. The molecule has 0 amide bonds. The molecule has 0 saturated heterocycles. The molecule has 0 fully saturated rings. The molecule has 0 heterocycles. The monoisotopic (exact) mass is 246 g/mol. The predicted octanol–water partition coefficient (Wildman–Crippen LogP) is 2.13. The maximum absolute atomic E-state index is 13.1. The maximum Gasteiger partial charge on any atom is 0.417 e.